The van der Waals surface area contributed by atoms with Crippen molar-refractivity contribution in [3.05, 3.63) is 0 Å². The van der Waals surface area contributed by atoms with Crippen LogP contribution in [-0.2, 0) is 9.59 Å². The van der Waals surface area contributed by atoms with E-state index in [-0.39, 0.29) is 16.9 Å². The van der Waals surface area contributed by atoms with E-state index in [4.69, 9.17) is 0 Å². The molecule has 3 bridgehead atoms. The van der Waals surface area contributed by atoms with Crippen molar-refractivity contribution in [2.45, 2.75) is 52.5 Å². The van der Waals surface area contributed by atoms with Crippen molar-refractivity contribution in [2.24, 2.45) is 35.0 Å². The maximum Gasteiger partial charge on any atom is 0.207 e. The number of Topliss-reactive ketones (excluding diaryl/α,β-unsaturated/α-hetero) is 1. The molecule has 6 atom stereocenters. The molecule has 3 fully saturated rings. The normalized spacial score (nSPS) is 51.7. The molecule has 3 aliphatic carbocycles. The molecule has 0 unspecified atom stereocenters. The van der Waals surface area contributed by atoms with Gasteiger partial charge in [0, 0.05) is 16.9 Å². The Labute approximate surface area is 115 Å². The molecule has 0 saturated heterocycles. The summed E-state index contributed by atoms with van der Waals surface area (Å²) < 4.78 is 0. The minimum absolute atomic E-state index is 0.176. The third-order valence-corrected chi connectivity index (χ3v) is 6.70. The highest BCUT2D eigenvalue weighted by Gasteiger charge is 2.68. The quantitative estimate of drug-likeness (QED) is 0.795. The number of carbonyl (C=O) groups is 2. The van der Waals surface area contributed by atoms with Gasteiger partial charge in [0.05, 0.1) is 0 Å². The summed E-state index contributed by atoms with van der Waals surface area (Å²) in [5, 5.41) is 3.09. The fourth-order valence-corrected chi connectivity index (χ4v) is 5.64. The van der Waals surface area contributed by atoms with E-state index in [1.165, 1.54) is 0 Å². The summed E-state index contributed by atoms with van der Waals surface area (Å²) in [7, 11) is 0. The predicted octanol–water partition coefficient (Wildman–Crippen LogP) is 2.40. The van der Waals surface area contributed by atoms with Crippen LogP contribution in [0.3, 0.4) is 0 Å². The molecule has 0 spiro atoms. The number of hydrogen-bond acceptors (Lipinski definition) is 2. The Morgan fingerprint density at radius 2 is 2.00 bits per heavy atom. The van der Waals surface area contributed by atoms with Gasteiger partial charge in [-0.3, -0.25) is 9.59 Å². The molecule has 0 aromatic rings. The van der Waals surface area contributed by atoms with Gasteiger partial charge in [-0.05, 0) is 49.9 Å². The lowest BCUT2D eigenvalue weighted by molar-refractivity contribution is -0.145. The number of nitrogens with one attached hydrogen (secondary N) is 1. The van der Waals surface area contributed by atoms with Crippen molar-refractivity contribution in [1.82, 2.24) is 5.32 Å². The zero-order valence-electron chi connectivity index (χ0n) is 12.4. The summed E-state index contributed by atoms with van der Waals surface area (Å²) in [5.74, 6) is 2.56. The summed E-state index contributed by atoms with van der Waals surface area (Å²) in [6.45, 7) is 8.78. The van der Waals surface area contributed by atoms with Gasteiger partial charge in [-0.15, -0.1) is 0 Å². The molecule has 0 aliphatic heterocycles. The molecule has 3 aliphatic rings. The molecule has 0 radical (unpaired) electrons. The van der Waals surface area contributed by atoms with E-state index in [9.17, 15) is 9.59 Å². The molecule has 0 heterocycles. The SMILES string of the molecule is CC(C)[C@@H]1C[C@H]2[C@](C)(NC=O)[C@H]3C[C@@H]1C(=O)[C@]2(C)C3. The Bertz CT molecular complexity index is 432. The summed E-state index contributed by atoms with van der Waals surface area (Å²) in [4.78, 5) is 23.9. The lowest BCUT2D eigenvalue weighted by Gasteiger charge is -2.47. The van der Waals surface area contributed by atoms with Crippen LogP contribution >= 0.6 is 0 Å². The van der Waals surface area contributed by atoms with Gasteiger partial charge in [-0.1, -0.05) is 20.8 Å². The first-order chi connectivity index (χ1) is 8.84. The second kappa shape index (κ2) is 3.83. The monoisotopic (exact) mass is 263 g/mol. The lowest BCUT2D eigenvalue weighted by atomic mass is 9.55. The Kier molecular flexibility index (Phi) is 2.65. The van der Waals surface area contributed by atoms with E-state index in [2.05, 4.69) is 33.0 Å². The molecule has 0 aromatic carbocycles. The summed E-state index contributed by atoms with van der Waals surface area (Å²) in [5.41, 5.74) is -0.367. The number of hydrogen-bond donors (Lipinski definition) is 1. The number of rotatable bonds is 3. The molecule has 19 heavy (non-hydrogen) atoms. The molecule has 3 heteroatoms. The second-order valence-corrected chi connectivity index (χ2v) is 7.77. The van der Waals surface area contributed by atoms with Gasteiger partial charge in [0.1, 0.15) is 5.78 Å². The van der Waals surface area contributed by atoms with Gasteiger partial charge >= 0.3 is 0 Å². The van der Waals surface area contributed by atoms with E-state index in [0.29, 0.717) is 29.5 Å². The smallest absolute Gasteiger partial charge is 0.207 e. The fraction of sp³-hybridized carbons (Fsp3) is 0.875. The average molecular weight is 263 g/mol. The van der Waals surface area contributed by atoms with Crippen molar-refractivity contribution in [1.29, 1.82) is 0 Å². The highest BCUT2D eigenvalue weighted by Crippen LogP contribution is 2.66. The number of ketones is 1. The molecule has 0 aromatic heterocycles. The lowest BCUT2D eigenvalue weighted by Crippen LogP contribution is -2.53. The highest BCUT2D eigenvalue weighted by molar-refractivity contribution is 5.90. The van der Waals surface area contributed by atoms with E-state index in [0.717, 1.165) is 25.7 Å². The van der Waals surface area contributed by atoms with Crippen molar-refractivity contribution in [2.75, 3.05) is 0 Å². The van der Waals surface area contributed by atoms with Gasteiger partial charge in [0.2, 0.25) is 6.41 Å². The molecule has 106 valence electrons. The number of carbonyl (C=O) groups excluding carboxylic acids is 2. The van der Waals surface area contributed by atoms with E-state index in [1.807, 2.05) is 0 Å². The van der Waals surface area contributed by atoms with Gasteiger partial charge in [0.25, 0.3) is 0 Å². The third kappa shape index (κ3) is 1.45. The largest absolute Gasteiger partial charge is 0.353 e. The molecule has 3 rings (SSSR count). The second-order valence-electron chi connectivity index (χ2n) is 7.77. The van der Waals surface area contributed by atoms with Crippen molar-refractivity contribution in [3.63, 3.8) is 0 Å². The van der Waals surface area contributed by atoms with Crippen LogP contribution in [0.5, 0.6) is 0 Å². The van der Waals surface area contributed by atoms with Gasteiger partial charge in [0.15, 0.2) is 0 Å². The molecule has 1 N–H and O–H groups in total. The third-order valence-electron chi connectivity index (χ3n) is 6.70. The van der Waals surface area contributed by atoms with Gasteiger partial charge in [-0.25, -0.2) is 0 Å². The zero-order valence-corrected chi connectivity index (χ0v) is 12.4. The fourth-order valence-electron chi connectivity index (χ4n) is 5.64. The van der Waals surface area contributed by atoms with Crippen molar-refractivity contribution < 1.29 is 9.59 Å². The molecular weight excluding hydrogens is 238 g/mol. The molecule has 3 nitrogen and oxygen atoms in total. The Morgan fingerprint density at radius 3 is 2.58 bits per heavy atom. The van der Waals surface area contributed by atoms with Crippen LogP contribution in [-0.4, -0.2) is 17.7 Å². The van der Waals surface area contributed by atoms with E-state index in [1.54, 1.807) is 0 Å². The Morgan fingerprint density at radius 1 is 1.32 bits per heavy atom. The Balaban J connectivity index is 2.06. The van der Waals surface area contributed by atoms with Gasteiger partial charge < -0.3 is 5.32 Å². The zero-order chi connectivity index (χ0) is 14.0. The molecular formula is C16H25NO2. The van der Waals surface area contributed by atoms with Crippen LogP contribution in [0.1, 0.15) is 47.0 Å². The summed E-state index contributed by atoms with van der Waals surface area (Å²) in [6, 6.07) is 0. The standard InChI is InChI=1S/C16H25NO2/c1-9(2)11-6-13-15(3)7-10(5-12(11)14(15)19)16(13,4)17-8-18/h8-13H,5-7H2,1-4H3,(H,17,18)/t10-,11-,12-,13+,15+,16+/m0/s1. The van der Waals surface area contributed by atoms with Crippen LogP contribution in [0.4, 0.5) is 0 Å². The first-order valence-corrected chi connectivity index (χ1v) is 7.60. The van der Waals surface area contributed by atoms with Crippen LogP contribution in [0, 0.1) is 35.0 Å². The van der Waals surface area contributed by atoms with Crippen LogP contribution in [0.25, 0.3) is 0 Å². The topological polar surface area (TPSA) is 46.2 Å². The van der Waals surface area contributed by atoms with Crippen LogP contribution < -0.4 is 5.32 Å². The van der Waals surface area contributed by atoms with E-state index >= 15 is 0 Å². The first kappa shape index (κ1) is 13.1. The van der Waals surface area contributed by atoms with E-state index < -0.39 is 0 Å². The Hall–Kier alpha value is -0.860. The van der Waals surface area contributed by atoms with Crippen LogP contribution in [0.15, 0.2) is 0 Å². The maximum atomic E-state index is 12.9. The minimum atomic E-state index is -0.191. The van der Waals surface area contributed by atoms with Crippen molar-refractivity contribution >= 4 is 12.2 Å². The summed E-state index contributed by atoms with van der Waals surface area (Å²) >= 11 is 0. The predicted molar refractivity (Wildman–Crippen MR) is 73.4 cm³/mol. The van der Waals surface area contributed by atoms with Crippen LogP contribution in [0.2, 0.25) is 0 Å². The number of fused-ring (bicyclic) bond motifs is 2. The molecule has 1 amide bonds. The average Bonchev–Trinajstić information content (AvgIpc) is 2.41. The highest BCUT2D eigenvalue weighted by atomic mass is 16.1. The molecule has 3 saturated carbocycles. The van der Waals surface area contributed by atoms with Gasteiger partial charge in [-0.2, -0.15) is 0 Å². The number of amides is 1. The summed E-state index contributed by atoms with van der Waals surface area (Å²) in [6.07, 6.45) is 3.88. The minimum Gasteiger partial charge on any atom is -0.353 e. The van der Waals surface area contributed by atoms with Crippen molar-refractivity contribution in [3.8, 4) is 0 Å². The maximum absolute atomic E-state index is 12.9. The first-order valence-electron chi connectivity index (χ1n) is 7.60.